The Bertz CT molecular complexity index is 1200. The number of rotatable bonds is 4. The number of nitrogens with two attached hydrogens (primary N) is 1. The van der Waals surface area contributed by atoms with Crippen molar-refractivity contribution < 1.29 is 4.79 Å². The first-order chi connectivity index (χ1) is 13.5. The lowest BCUT2D eigenvalue weighted by Gasteiger charge is -2.14. The van der Waals surface area contributed by atoms with Crippen molar-refractivity contribution in [3.8, 4) is 11.5 Å². The number of hydrogen-bond acceptors (Lipinski definition) is 6. The van der Waals surface area contributed by atoms with Crippen LogP contribution in [0.25, 0.3) is 22.4 Å². The smallest absolute Gasteiger partial charge is 0.250 e. The van der Waals surface area contributed by atoms with Crippen LogP contribution in [0.5, 0.6) is 0 Å². The molecule has 28 heavy (non-hydrogen) atoms. The van der Waals surface area contributed by atoms with Gasteiger partial charge in [0, 0.05) is 22.8 Å². The fourth-order valence-corrected chi connectivity index (χ4v) is 3.19. The SMILES string of the molecule is Cc1cc(Cl)cc2c(Nc3ccccc3C(N)=O)nc(-c3cnccn3)nc12. The zero-order valence-electron chi connectivity index (χ0n) is 14.8. The second-order valence-electron chi connectivity index (χ2n) is 6.14. The maximum Gasteiger partial charge on any atom is 0.250 e. The normalized spacial score (nSPS) is 10.8. The number of hydrogen-bond donors (Lipinski definition) is 2. The summed E-state index contributed by atoms with van der Waals surface area (Å²) in [6, 6.07) is 10.6. The summed E-state index contributed by atoms with van der Waals surface area (Å²) in [6.07, 6.45) is 4.75. The molecular weight excluding hydrogens is 376 g/mol. The summed E-state index contributed by atoms with van der Waals surface area (Å²) < 4.78 is 0. The van der Waals surface area contributed by atoms with E-state index in [1.54, 1.807) is 48.9 Å². The van der Waals surface area contributed by atoms with Crippen molar-refractivity contribution in [2.45, 2.75) is 6.92 Å². The summed E-state index contributed by atoms with van der Waals surface area (Å²) in [5.41, 5.74) is 8.54. The lowest BCUT2D eigenvalue weighted by atomic mass is 10.1. The molecule has 0 radical (unpaired) electrons. The topological polar surface area (TPSA) is 107 Å². The fourth-order valence-electron chi connectivity index (χ4n) is 2.92. The van der Waals surface area contributed by atoms with Crippen molar-refractivity contribution in [1.82, 2.24) is 19.9 Å². The second-order valence-corrected chi connectivity index (χ2v) is 6.58. The molecule has 8 heteroatoms. The molecular formula is C20H15ClN6O. The van der Waals surface area contributed by atoms with Gasteiger partial charge < -0.3 is 11.1 Å². The molecule has 0 unspecified atom stereocenters. The minimum Gasteiger partial charge on any atom is -0.366 e. The average molecular weight is 391 g/mol. The van der Waals surface area contributed by atoms with Gasteiger partial charge in [0.05, 0.1) is 23.0 Å². The van der Waals surface area contributed by atoms with E-state index in [0.717, 1.165) is 16.5 Å². The van der Waals surface area contributed by atoms with Crippen molar-refractivity contribution in [3.63, 3.8) is 0 Å². The van der Waals surface area contributed by atoms with Gasteiger partial charge in [0.1, 0.15) is 11.5 Å². The first-order valence-corrected chi connectivity index (χ1v) is 8.81. The molecule has 7 nitrogen and oxygen atoms in total. The largest absolute Gasteiger partial charge is 0.366 e. The van der Waals surface area contributed by atoms with E-state index in [9.17, 15) is 4.79 Å². The van der Waals surface area contributed by atoms with Crippen LogP contribution < -0.4 is 11.1 Å². The van der Waals surface area contributed by atoms with Gasteiger partial charge in [0.15, 0.2) is 5.82 Å². The Kier molecular flexibility index (Phi) is 4.58. The molecule has 1 amide bonds. The van der Waals surface area contributed by atoms with Gasteiger partial charge in [-0.15, -0.1) is 0 Å². The zero-order valence-corrected chi connectivity index (χ0v) is 15.6. The van der Waals surface area contributed by atoms with Gasteiger partial charge >= 0.3 is 0 Å². The Hall–Kier alpha value is -3.58. The first kappa shape index (κ1) is 17.8. The Balaban J connectivity index is 1.95. The summed E-state index contributed by atoms with van der Waals surface area (Å²) in [5, 5.41) is 4.48. The summed E-state index contributed by atoms with van der Waals surface area (Å²) in [4.78, 5) is 29.4. The number of aromatic nitrogens is 4. The van der Waals surface area contributed by atoms with Crippen LogP contribution in [0.2, 0.25) is 5.02 Å². The molecule has 4 rings (SSSR count). The van der Waals surface area contributed by atoms with E-state index in [-0.39, 0.29) is 0 Å². The van der Waals surface area contributed by atoms with Gasteiger partial charge in [-0.3, -0.25) is 9.78 Å². The third kappa shape index (κ3) is 3.35. The third-order valence-electron chi connectivity index (χ3n) is 4.19. The molecule has 0 spiro atoms. The van der Waals surface area contributed by atoms with Crippen LogP contribution in [0.1, 0.15) is 15.9 Å². The Morgan fingerprint density at radius 2 is 1.96 bits per heavy atom. The molecule has 4 aromatic rings. The van der Waals surface area contributed by atoms with Crippen LogP contribution >= 0.6 is 11.6 Å². The van der Waals surface area contributed by atoms with Gasteiger partial charge in [-0.25, -0.2) is 15.0 Å². The molecule has 0 fully saturated rings. The van der Waals surface area contributed by atoms with Crippen LogP contribution in [-0.2, 0) is 0 Å². The Labute approximate surface area is 165 Å². The number of anilines is 2. The van der Waals surface area contributed by atoms with Crippen molar-refractivity contribution in [2.24, 2.45) is 5.73 Å². The van der Waals surface area contributed by atoms with E-state index >= 15 is 0 Å². The van der Waals surface area contributed by atoms with E-state index in [0.29, 0.717) is 33.6 Å². The highest BCUT2D eigenvalue weighted by Crippen LogP contribution is 2.31. The molecule has 0 aliphatic rings. The number of nitrogens with one attached hydrogen (secondary N) is 1. The van der Waals surface area contributed by atoms with Crippen LogP contribution in [0.3, 0.4) is 0 Å². The summed E-state index contributed by atoms with van der Waals surface area (Å²) in [7, 11) is 0. The lowest BCUT2D eigenvalue weighted by molar-refractivity contribution is 0.100. The molecule has 2 aromatic heterocycles. The molecule has 0 saturated heterocycles. The molecule has 138 valence electrons. The van der Waals surface area contributed by atoms with Crippen LogP contribution in [0.4, 0.5) is 11.5 Å². The lowest BCUT2D eigenvalue weighted by Crippen LogP contribution is -2.13. The van der Waals surface area contributed by atoms with E-state index in [4.69, 9.17) is 17.3 Å². The summed E-state index contributed by atoms with van der Waals surface area (Å²) in [6.45, 7) is 1.92. The van der Waals surface area contributed by atoms with Crippen molar-refractivity contribution in [1.29, 1.82) is 0 Å². The van der Waals surface area contributed by atoms with Gasteiger partial charge in [-0.1, -0.05) is 23.7 Å². The second kappa shape index (κ2) is 7.21. The Morgan fingerprint density at radius 3 is 2.71 bits per heavy atom. The predicted molar refractivity (Wildman–Crippen MR) is 109 cm³/mol. The Morgan fingerprint density at radius 1 is 1.14 bits per heavy atom. The molecule has 0 atom stereocenters. The monoisotopic (exact) mass is 390 g/mol. The van der Waals surface area contributed by atoms with Crippen LogP contribution in [-0.4, -0.2) is 25.8 Å². The van der Waals surface area contributed by atoms with E-state index < -0.39 is 5.91 Å². The zero-order chi connectivity index (χ0) is 19.7. The summed E-state index contributed by atoms with van der Waals surface area (Å²) >= 11 is 6.26. The number of para-hydroxylation sites is 1. The van der Waals surface area contributed by atoms with Crippen LogP contribution in [0.15, 0.2) is 55.0 Å². The number of fused-ring (bicyclic) bond motifs is 1. The van der Waals surface area contributed by atoms with Gasteiger partial charge in [-0.05, 0) is 36.8 Å². The highest BCUT2D eigenvalue weighted by atomic mass is 35.5. The highest BCUT2D eigenvalue weighted by molar-refractivity contribution is 6.31. The minimum atomic E-state index is -0.537. The van der Waals surface area contributed by atoms with E-state index in [1.165, 1.54) is 0 Å². The molecule has 2 aromatic carbocycles. The van der Waals surface area contributed by atoms with Crippen LogP contribution in [0, 0.1) is 6.92 Å². The molecule has 0 aliphatic heterocycles. The maximum absolute atomic E-state index is 11.8. The number of carbonyl (C=O) groups is 1. The fraction of sp³-hybridized carbons (Fsp3) is 0.0500. The molecule has 3 N–H and O–H groups in total. The maximum atomic E-state index is 11.8. The van der Waals surface area contributed by atoms with Crippen molar-refractivity contribution >= 4 is 39.9 Å². The van der Waals surface area contributed by atoms with Gasteiger partial charge in [0.2, 0.25) is 0 Å². The summed E-state index contributed by atoms with van der Waals surface area (Å²) in [5.74, 6) is 0.361. The number of primary amides is 1. The quantitative estimate of drug-likeness (QED) is 0.547. The van der Waals surface area contributed by atoms with Gasteiger partial charge in [-0.2, -0.15) is 0 Å². The van der Waals surface area contributed by atoms with Crippen molar-refractivity contribution in [3.05, 3.63) is 71.1 Å². The standard InChI is InChI=1S/C20H15ClN6O/c1-11-8-12(21)9-14-17(11)26-20(16-10-23-6-7-24-16)27-19(14)25-15-5-3-2-4-13(15)18(22)28/h2-10H,1H3,(H2,22,28)(H,25,26,27). The number of carbonyl (C=O) groups excluding carboxylic acids is 1. The van der Waals surface area contributed by atoms with Crippen molar-refractivity contribution in [2.75, 3.05) is 5.32 Å². The predicted octanol–water partition coefficient (Wildman–Crippen LogP) is 3.89. The molecule has 0 saturated carbocycles. The number of amides is 1. The van der Waals surface area contributed by atoms with E-state index in [2.05, 4.69) is 25.3 Å². The number of nitrogens with zero attached hydrogens (tertiary/aromatic N) is 4. The first-order valence-electron chi connectivity index (χ1n) is 8.43. The number of halogens is 1. The highest BCUT2D eigenvalue weighted by Gasteiger charge is 2.15. The third-order valence-corrected chi connectivity index (χ3v) is 4.41. The average Bonchev–Trinajstić information content (AvgIpc) is 2.69. The van der Waals surface area contributed by atoms with Gasteiger partial charge in [0.25, 0.3) is 5.91 Å². The molecule has 0 aliphatic carbocycles. The number of benzene rings is 2. The minimum absolute atomic E-state index is 0.356. The number of aryl methyl sites for hydroxylation is 1. The van der Waals surface area contributed by atoms with E-state index in [1.807, 2.05) is 13.0 Å². The molecule has 2 heterocycles. The molecule has 0 bridgehead atoms.